The SMILES string of the molecule is CCCCO[C@H]1C[C@H]2C(C)=C(C)[C@@H]1C(=O)[C@]2(O)CCl. The van der Waals surface area contributed by atoms with Crippen molar-refractivity contribution in [2.24, 2.45) is 11.8 Å². The Morgan fingerprint density at radius 2 is 2.11 bits per heavy atom. The summed E-state index contributed by atoms with van der Waals surface area (Å²) < 4.78 is 5.88. The lowest BCUT2D eigenvalue weighted by Crippen LogP contribution is -2.62. The average molecular weight is 287 g/mol. The number of carbonyl (C=O) groups excluding carboxylic acids is 1. The van der Waals surface area contributed by atoms with E-state index in [2.05, 4.69) is 6.92 Å². The first kappa shape index (κ1) is 15.0. The second-order valence-corrected chi connectivity index (χ2v) is 6.08. The first-order chi connectivity index (χ1) is 8.97. The van der Waals surface area contributed by atoms with Crippen molar-refractivity contribution in [1.29, 1.82) is 0 Å². The van der Waals surface area contributed by atoms with E-state index >= 15 is 0 Å². The van der Waals surface area contributed by atoms with Gasteiger partial charge in [-0.3, -0.25) is 4.79 Å². The molecule has 3 nitrogen and oxygen atoms in total. The lowest BCUT2D eigenvalue weighted by molar-refractivity contribution is -0.161. The molecule has 0 radical (unpaired) electrons. The molecule has 1 fully saturated rings. The molecule has 0 aromatic heterocycles. The summed E-state index contributed by atoms with van der Waals surface area (Å²) in [6.07, 6.45) is 2.70. The van der Waals surface area contributed by atoms with Crippen LogP contribution in [-0.2, 0) is 9.53 Å². The molecule has 0 spiro atoms. The third kappa shape index (κ3) is 2.26. The quantitative estimate of drug-likeness (QED) is 0.480. The van der Waals surface area contributed by atoms with E-state index < -0.39 is 5.60 Å². The Morgan fingerprint density at radius 1 is 1.42 bits per heavy atom. The molecule has 0 heterocycles. The molecule has 3 rings (SSSR count). The molecule has 4 heteroatoms. The lowest BCUT2D eigenvalue weighted by atomic mass is 9.58. The van der Waals surface area contributed by atoms with Gasteiger partial charge < -0.3 is 9.84 Å². The van der Waals surface area contributed by atoms with Crippen molar-refractivity contribution in [3.63, 3.8) is 0 Å². The summed E-state index contributed by atoms with van der Waals surface area (Å²) in [5.41, 5.74) is 0.793. The molecule has 3 aliphatic carbocycles. The topological polar surface area (TPSA) is 46.5 Å². The van der Waals surface area contributed by atoms with E-state index in [1.165, 1.54) is 0 Å². The number of aliphatic hydroxyl groups is 1. The highest BCUT2D eigenvalue weighted by atomic mass is 35.5. The van der Waals surface area contributed by atoms with Gasteiger partial charge >= 0.3 is 0 Å². The van der Waals surface area contributed by atoms with E-state index in [9.17, 15) is 9.90 Å². The van der Waals surface area contributed by atoms with Gasteiger partial charge in [0.05, 0.1) is 17.9 Å². The average Bonchev–Trinajstić information content (AvgIpc) is 2.40. The minimum atomic E-state index is -1.39. The van der Waals surface area contributed by atoms with Crippen LogP contribution in [0.1, 0.15) is 40.0 Å². The summed E-state index contributed by atoms with van der Waals surface area (Å²) in [4.78, 5) is 12.5. The van der Waals surface area contributed by atoms with Gasteiger partial charge in [0, 0.05) is 12.5 Å². The van der Waals surface area contributed by atoms with Crippen molar-refractivity contribution in [1.82, 2.24) is 0 Å². The standard InChI is InChI=1S/C15H23ClO3/c1-4-5-6-19-12-7-11-9(2)10(3)13(12)14(17)15(11,18)8-16/h11-13,18H,4-8H2,1-3H3/t11-,12-,13-,15-/m0/s1. The number of ketones is 1. The summed E-state index contributed by atoms with van der Waals surface area (Å²) in [6, 6.07) is 0. The summed E-state index contributed by atoms with van der Waals surface area (Å²) in [5.74, 6) is -0.678. The molecular weight excluding hydrogens is 264 g/mol. The number of ether oxygens (including phenoxy) is 1. The van der Waals surface area contributed by atoms with Crippen LogP contribution in [-0.4, -0.2) is 35.1 Å². The van der Waals surface area contributed by atoms with Crippen LogP contribution in [0.2, 0.25) is 0 Å². The smallest absolute Gasteiger partial charge is 0.175 e. The van der Waals surface area contributed by atoms with E-state index in [0.717, 1.165) is 24.0 Å². The fourth-order valence-electron chi connectivity index (χ4n) is 3.41. The highest BCUT2D eigenvalue weighted by molar-refractivity contribution is 6.21. The molecule has 0 saturated heterocycles. The fourth-order valence-corrected chi connectivity index (χ4v) is 3.72. The van der Waals surface area contributed by atoms with Gasteiger partial charge in [-0.1, -0.05) is 24.5 Å². The van der Waals surface area contributed by atoms with Gasteiger partial charge in [-0.15, -0.1) is 11.6 Å². The Morgan fingerprint density at radius 3 is 2.68 bits per heavy atom. The van der Waals surface area contributed by atoms with Crippen molar-refractivity contribution >= 4 is 17.4 Å². The second-order valence-electron chi connectivity index (χ2n) is 5.82. The van der Waals surface area contributed by atoms with E-state index in [1.54, 1.807) is 0 Å². The van der Waals surface area contributed by atoms with E-state index in [-0.39, 0.29) is 29.6 Å². The molecule has 1 saturated carbocycles. The number of fused-ring (bicyclic) bond motifs is 2. The summed E-state index contributed by atoms with van der Waals surface area (Å²) in [5, 5.41) is 10.5. The van der Waals surface area contributed by atoms with Crippen molar-refractivity contribution in [3.05, 3.63) is 11.1 Å². The van der Waals surface area contributed by atoms with Crippen molar-refractivity contribution in [2.75, 3.05) is 12.5 Å². The minimum Gasteiger partial charge on any atom is -0.380 e. The zero-order valence-corrected chi connectivity index (χ0v) is 12.7. The highest BCUT2D eigenvalue weighted by Crippen LogP contribution is 2.49. The first-order valence-electron chi connectivity index (χ1n) is 7.08. The number of halogens is 1. The number of Topliss-reactive ketones (excluding diaryl/α,β-unsaturated/α-hetero) is 1. The zero-order chi connectivity index (χ0) is 14.2. The maximum Gasteiger partial charge on any atom is 0.175 e. The van der Waals surface area contributed by atoms with Crippen LogP contribution >= 0.6 is 11.6 Å². The Kier molecular flexibility index (Phi) is 4.38. The van der Waals surface area contributed by atoms with E-state index in [4.69, 9.17) is 16.3 Å². The van der Waals surface area contributed by atoms with Crippen LogP contribution in [0, 0.1) is 11.8 Å². The molecule has 0 aliphatic heterocycles. The van der Waals surface area contributed by atoms with Crippen LogP contribution in [0.3, 0.4) is 0 Å². The summed E-state index contributed by atoms with van der Waals surface area (Å²) in [7, 11) is 0. The maximum atomic E-state index is 12.5. The Hall–Kier alpha value is -0.380. The molecule has 0 aromatic carbocycles. The van der Waals surface area contributed by atoms with Crippen LogP contribution in [0.4, 0.5) is 0 Å². The van der Waals surface area contributed by atoms with Gasteiger partial charge in [0.2, 0.25) is 0 Å². The lowest BCUT2D eigenvalue weighted by Gasteiger charge is -2.50. The Balaban J connectivity index is 2.24. The van der Waals surface area contributed by atoms with Crippen molar-refractivity contribution in [3.8, 4) is 0 Å². The number of alkyl halides is 1. The summed E-state index contributed by atoms with van der Waals surface area (Å²) in [6.45, 7) is 6.78. The molecule has 0 aromatic rings. The monoisotopic (exact) mass is 286 g/mol. The van der Waals surface area contributed by atoms with Gasteiger partial charge in [0.25, 0.3) is 0 Å². The summed E-state index contributed by atoms with van der Waals surface area (Å²) >= 11 is 5.86. The number of unbranched alkanes of at least 4 members (excludes halogenated alkanes) is 1. The Bertz CT molecular complexity index is 404. The number of rotatable bonds is 5. The van der Waals surface area contributed by atoms with Crippen LogP contribution in [0.15, 0.2) is 11.1 Å². The third-order valence-corrected chi connectivity index (χ3v) is 5.18. The van der Waals surface area contributed by atoms with Crippen LogP contribution in [0.5, 0.6) is 0 Å². The normalized spacial score (nSPS) is 38.2. The molecule has 19 heavy (non-hydrogen) atoms. The highest BCUT2D eigenvalue weighted by Gasteiger charge is 2.58. The molecule has 0 unspecified atom stereocenters. The molecule has 0 amide bonds. The fraction of sp³-hybridized carbons (Fsp3) is 0.800. The zero-order valence-electron chi connectivity index (χ0n) is 11.9. The number of carbonyl (C=O) groups is 1. The molecular formula is C15H23ClO3. The number of hydrogen-bond acceptors (Lipinski definition) is 3. The largest absolute Gasteiger partial charge is 0.380 e. The molecule has 3 aliphatic rings. The molecule has 2 bridgehead atoms. The number of hydrogen-bond donors (Lipinski definition) is 1. The minimum absolute atomic E-state index is 0.0285. The van der Waals surface area contributed by atoms with Gasteiger partial charge in [-0.25, -0.2) is 0 Å². The van der Waals surface area contributed by atoms with Gasteiger partial charge in [-0.2, -0.15) is 0 Å². The van der Waals surface area contributed by atoms with E-state index in [0.29, 0.717) is 13.0 Å². The van der Waals surface area contributed by atoms with E-state index in [1.807, 2.05) is 13.8 Å². The molecule has 4 atom stereocenters. The first-order valence-corrected chi connectivity index (χ1v) is 7.62. The third-order valence-electron chi connectivity index (χ3n) is 4.77. The van der Waals surface area contributed by atoms with Crippen molar-refractivity contribution in [2.45, 2.75) is 51.7 Å². The van der Waals surface area contributed by atoms with Crippen LogP contribution in [0.25, 0.3) is 0 Å². The predicted octanol–water partition coefficient (Wildman–Crippen LogP) is 2.70. The Labute approximate surface area is 120 Å². The predicted molar refractivity (Wildman–Crippen MR) is 75.3 cm³/mol. The molecule has 108 valence electrons. The van der Waals surface area contributed by atoms with Crippen LogP contribution < -0.4 is 0 Å². The van der Waals surface area contributed by atoms with Gasteiger partial charge in [0.1, 0.15) is 5.60 Å². The van der Waals surface area contributed by atoms with Gasteiger partial charge in [-0.05, 0) is 26.7 Å². The van der Waals surface area contributed by atoms with Crippen molar-refractivity contribution < 1.29 is 14.6 Å². The van der Waals surface area contributed by atoms with Gasteiger partial charge in [0.15, 0.2) is 5.78 Å². The maximum absolute atomic E-state index is 12.5. The second kappa shape index (κ2) is 5.55. The molecule has 1 N–H and O–H groups in total.